The van der Waals surface area contributed by atoms with E-state index >= 15 is 0 Å². The Morgan fingerprint density at radius 1 is 1.30 bits per heavy atom. The first-order valence-electron chi connectivity index (χ1n) is 8.41. The second-order valence-corrected chi connectivity index (χ2v) is 7.35. The van der Waals surface area contributed by atoms with E-state index in [0.29, 0.717) is 11.8 Å². The SMILES string of the molecule is CC1=N[C@@]2(CC[C@@H]3CN(Cc4c(C)noc4C)C[C@@H]32)C(=O)N1C. The molecule has 1 saturated heterocycles. The van der Waals surface area contributed by atoms with Crippen molar-refractivity contribution in [2.24, 2.45) is 16.8 Å². The fourth-order valence-electron chi connectivity index (χ4n) is 4.72. The van der Waals surface area contributed by atoms with E-state index in [1.165, 1.54) is 5.56 Å². The zero-order valence-corrected chi connectivity index (χ0v) is 14.3. The summed E-state index contributed by atoms with van der Waals surface area (Å²) in [6.07, 6.45) is 2.00. The van der Waals surface area contributed by atoms with Crippen molar-refractivity contribution >= 4 is 11.7 Å². The van der Waals surface area contributed by atoms with Gasteiger partial charge < -0.3 is 9.42 Å². The summed E-state index contributed by atoms with van der Waals surface area (Å²) in [4.78, 5) is 21.8. The van der Waals surface area contributed by atoms with Crippen LogP contribution >= 0.6 is 0 Å². The maximum atomic E-state index is 12.8. The van der Waals surface area contributed by atoms with Gasteiger partial charge in [-0.05, 0) is 39.5 Å². The maximum Gasteiger partial charge on any atom is 0.255 e. The van der Waals surface area contributed by atoms with Crippen LogP contribution in [0.15, 0.2) is 9.52 Å². The van der Waals surface area contributed by atoms with Crippen molar-refractivity contribution in [3.8, 4) is 0 Å². The fraction of sp³-hybridized carbons (Fsp3) is 0.706. The number of nitrogens with zero attached hydrogens (tertiary/aromatic N) is 4. The number of aromatic nitrogens is 1. The molecule has 1 aliphatic carbocycles. The van der Waals surface area contributed by atoms with Crippen LogP contribution in [0.4, 0.5) is 0 Å². The number of aliphatic imine (C=N–C) groups is 1. The minimum atomic E-state index is -0.489. The van der Waals surface area contributed by atoms with E-state index in [9.17, 15) is 4.79 Å². The molecule has 23 heavy (non-hydrogen) atoms. The van der Waals surface area contributed by atoms with E-state index in [2.05, 4.69) is 10.1 Å². The van der Waals surface area contributed by atoms with Crippen LogP contribution in [0.1, 0.15) is 36.8 Å². The summed E-state index contributed by atoms with van der Waals surface area (Å²) < 4.78 is 5.28. The van der Waals surface area contributed by atoms with Crippen LogP contribution in [0.5, 0.6) is 0 Å². The average molecular weight is 316 g/mol. The van der Waals surface area contributed by atoms with Crippen LogP contribution in [0.3, 0.4) is 0 Å². The van der Waals surface area contributed by atoms with E-state index in [1.54, 1.807) is 4.90 Å². The fourth-order valence-corrected chi connectivity index (χ4v) is 4.72. The van der Waals surface area contributed by atoms with Crippen LogP contribution < -0.4 is 0 Å². The molecule has 6 nitrogen and oxygen atoms in total. The lowest BCUT2D eigenvalue weighted by molar-refractivity contribution is -0.131. The molecule has 3 heterocycles. The summed E-state index contributed by atoms with van der Waals surface area (Å²) in [7, 11) is 1.85. The van der Waals surface area contributed by atoms with Gasteiger partial charge in [-0.25, -0.2) is 0 Å². The predicted molar refractivity (Wildman–Crippen MR) is 86.1 cm³/mol. The molecule has 2 fully saturated rings. The molecule has 3 aliphatic rings. The molecule has 1 spiro atoms. The summed E-state index contributed by atoms with van der Waals surface area (Å²) in [5.41, 5.74) is 1.67. The topological polar surface area (TPSA) is 61.9 Å². The molecule has 2 aliphatic heterocycles. The first kappa shape index (κ1) is 14.9. The summed E-state index contributed by atoms with van der Waals surface area (Å²) in [6.45, 7) is 8.74. The molecular formula is C17H24N4O2. The zero-order chi connectivity index (χ0) is 16.4. The van der Waals surface area contributed by atoms with Crippen molar-refractivity contribution in [3.05, 3.63) is 17.0 Å². The monoisotopic (exact) mass is 316 g/mol. The largest absolute Gasteiger partial charge is 0.361 e. The van der Waals surface area contributed by atoms with Crippen LogP contribution in [-0.2, 0) is 11.3 Å². The lowest BCUT2D eigenvalue weighted by atomic mass is 9.85. The van der Waals surface area contributed by atoms with E-state index < -0.39 is 5.54 Å². The standard InChI is InChI=1S/C17H24N4O2/c1-10-14(11(2)23-19-10)8-21-7-13-5-6-17(15(13)9-21)16(22)20(4)12(3)18-17/h13,15H,5-9H2,1-4H3/t13-,15+,17-/m1/s1. The van der Waals surface area contributed by atoms with Crippen LogP contribution in [0, 0.1) is 25.7 Å². The maximum absolute atomic E-state index is 12.8. The Morgan fingerprint density at radius 2 is 2.09 bits per heavy atom. The molecule has 0 aromatic carbocycles. The Morgan fingerprint density at radius 3 is 2.70 bits per heavy atom. The Kier molecular flexibility index (Phi) is 3.17. The Hall–Kier alpha value is -1.69. The van der Waals surface area contributed by atoms with E-state index in [1.807, 2.05) is 27.8 Å². The lowest BCUT2D eigenvalue weighted by Gasteiger charge is -2.27. The van der Waals surface area contributed by atoms with Gasteiger partial charge in [0.2, 0.25) is 0 Å². The van der Waals surface area contributed by atoms with Crippen molar-refractivity contribution < 1.29 is 9.32 Å². The molecule has 0 bridgehead atoms. The highest BCUT2D eigenvalue weighted by Gasteiger charge is 2.60. The highest BCUT2D eigenvalue weighted by atomic mass is 16.5. The van der Waals surface area contributed by atoms with Gasteiger partial charge in [-0.2, -0.15) is 0 Å². The number of likely N-dealkylation sites (tertiary alicyclic amines) is 1. The molecular weight excluding hydrogens is 292 g/mol. The quantitative estimate of drug-likeness (QED) is 0.834. The number of carbonyl (C=O) groups excluding carboxylic acids is 1. The van der Waals surface area contributed by atoms with Crippen molar-refractivity contribution in [2.75, 3.05) is 20.1 Å². The number of amidine groups is 1. The number of fused-ring (bicyclic) bond motifs is 2. The summed E-state index contributed by atoms with van der Waals surface area (Å²) in [5.74, 6) is 2.87. The predicted octanol–water partition coefficient (Wildman–Crippen LogP) is 1.76. The number of rotatable bonds is 2. The van der Waals surface area contributed by atoms with Crippen LogP contribution in [0.25, 0.3) is 0 Å². The van der Waals surface area contributed by atoms with Gasteiger partial charge in [-0.15, -0.1) is 0 Å². The normalized spacial score (nSPS) is 33.8. The van der Waals surface area contributed by atoms with Crippen molar-refractivity contribution in [1.29, 1.82) is 0 Å². The van der Waals surface area contributed by atoms with Crippen LogP contribution in [0.2, 0.25) is 0 Å². The molecule has 1 aromatic rings. The summed E-state index contributed by atoms with van der Waals surface area (Å²) in [5, 5.41) is 4.05. The minimum absolute atomic E-state index is 0.196. The highest BCUT2D eigenvalue weighted by Crippen LogP contribution is 2.50. The third-order valence-corrected chi connectivity index (χ3v) is 6.11. The zero-order valence-electron chi connectivity index (χ0n) is 14.3. The van der Waals surface area contributed by atoms with E-state index in [4.69, 9.17) is 9.52 Å². The smallest absolute Gasteiger partial charge is 0.255 e. The van der Waals surface area contributed by atoms with Gasteiger partial charge in [-0.1, -0.05) is 5.16 Å². The molecule has 0 N–H and O–H groups in total. The van der Waals surface area contributed by atoms with Crippen molar-refractivity contribution in [2.45, 2.75) is 45.7 Å². The molecule has 3 atom stereocenters. The number of carbonyl (C=O) groups is 1. The van der Waals surface area contributed by atoms with Gasteiger partial charge in [0.05, 0.1) is 5.69 Å². The molecule has 1 amide bonds. The molecule has 0 radical (unpaired) electrons. The number of likely N-dealkylation sites (N-methyl/N-ethyl adjacent to an activating group) is 1. The van der Waals surface area contributed by atoms with Gasteiger partial charge in [0.1, 0.15) is 17.1 Å². The van der Waals surface area contributed by atoms with Gasteiger partial charge in [0.15, 0.2) is 0 Å². The van der Waals surface area contributed by atoms with Gasteiger partial charge in [0, 0.05) is 38.2 Å². The second-order valence-electron chi connectivity index (χ2n) is 7.35. The molecule has 4 rings (SSSR count). The Labute approximate surface area is 136 Å². The second kappa shape index (κ2) is 4.90. The van der Waals surface area contributed by atoms with Crippen molar-refractivity contribution in [1.82, 2.24) is 15.0 Å². The van der Waals surface area contributed by atoms with Gasteiger partial charge in [-0.3, -0.25) is 14.7 Å². The number of amides is 1. The number of hydrogen-bond donors (Lipinski definition) is 0. The van der Waals surface area contributed by atoms with Crippen molar-refractivity contribution in [3.63, 3.8) is 0 Å². The highest BCUT2D eigenvalue weighted by molar-refractivity contribution is 6.07. The van der Waals surface area contributed by atoms with E-state index in [0.717, 1.165) is 49.8 Å². The Bertz CT molecular complexity index is 675. The van der Waals surface area contributed by atoms with E-state index in [-0.39, 0.29) is 5.91 Å². The van der Waals surface area contributed by atoms with Crippen LogP contribution in [-0.4, -0.2) is 52.4 Å². The molecule has 1 saturated carbocycles. The number of hydrogen-bond acceptors (Lipinski definition) is 5. The first-order chi connectivity index (χ1) is 10.9. The molecule has 124 valence electrons. The molecule has 6 heteroatoms. The third kappa shape index (κ3) is 2.00. The van der Waals surface area contributed by atoms with Gasteiger partial charge >= 0.3 is 0 Å². The molecule has 1 aromatic heterocycles. The average Bonchev–Trinajstić information content (AvgIpc) is 3.21. The first-order valence-corrected chi connectivity index (χ1v) is 8.41. The Balaban J connectivity index is 1.56. The lowest BCUT2D eigenvalue weighted by Crippen LogP contribution is -2.45. The molecule has 0 unspecified atom stereocenters. The number of aryl methyl sites for hydroxylation is 2. The van der Waals surface area contributed by atoms with Gasteiger partial charge in [0.25, 0.3) is 5.91 Å². The summed E-state index contributed by atoms with van der Waals surface area (Å²) >= 11 is 0. The third-order valence-electron chi connectivity index (χ3n) is 6.11. The summed E-state index contributed by atoms with van der Waals surface area (Å²) in [6, 6.07) is 0. The minimum Gasteiger partial charge on any atom is -0.361 e.